The fraction of sp³-hybridized carbons (Fsp3) is 0.250. The van der Waals surface area contributed by atoms with Gasteiger partial charge in [0.2, 0.25) is 5.91 Å². The largest absolute Gasteiger partial charge is 0.348 e. The van der Waals surface area contributed by atoms with E-state index in [4.69, 9.17) is 0 Å². The van der Waals surface area contributed by atoms with E-state index in [1.165, 1.54) is 0 Å². The molecule has 3 rings (SSSR count). The van der Waals surface area contributed by atoms with E-state index in [9.17, 15) is 14.4 Å². The predicted octanol–water partition coefficient (Wildman–Crippen LogP) is 2.03. The predicted molar refractivity (Wildman–Crippen MR) is 97.2 cm³/mol. The molecule has 1 aliphatic heterocycles. The first kappa shape index (κ1) is 17.7. The fourth-order valence-corrected chi connectivity index (χ4v) is 2.97. The maximum Gasteiger partial charge on any atom is 0.325 e. The highest BCUT2D eigenvalue weighted by molar-refractivity contribution is 6.06. The number of carbonyl (C=O) groups is 3. The van der Waals surface area contributed by atoms with Crippen molar-refractivity contribution in [2.24, 2.45) is 0 Å². The Labute approximate surface area is 152 Å². The molecule has 0 aromatic heterocycles. The van der Waals surface area contributed by atoms with Crippen molar-refractivity contribution < 1.29 is 14.4 Å². The lowest BCUT2D eigenvalue weighted by atomic mass is 10.1. The number of carbonyl (C=O) groups excluding carboxylic acids is 3. The molecule has 2 aromatic rings. The number of urea groups is 1. The number of hydrogen-bond donors (Lipinski definition) is 2. The van der Waals surface area contributed by atoms with Crippen LogP contribution >= 0.6 is 0 Å². The molecule has 134 valence electrons. The molecule has 0 aliphatic carbocycles. The Morgan fingerprint density at radius 3 is 2.35 bits per heavy atom. The molecular weight excluding hydrogens is 330 g/mol. The van der Waals surface area contributed by atoms with E-state index in [1.54, 1.807) is 0 Å². The maximum atomic E-state index is 12.5. The van der Waals surface area contributed by atoms with Crippen molar-refractivity contribution in [3.8, 4) is 0 Å². The summed E-state index contributed by atoms with van der Waals surface area (Å²) in [6.07, 6.45) is 0.407. The van der Waals surface area contributed by atoms with Crippen molar-refractivity contribution in [1.82, 2.24) is 15.5 Å². The summed E-state index contributed by atoms with van der Waals surface area (Å²) in [5.74, 6) is -0.744. The maximum absolute atomic E-state index is 12.5. The molecule has 0 radical (unpaired) electrons. The first-order valence-electron chi connectivity index (χ1n) is 8.54. The molecule has 0 bridgehead atoms. The smallest absolute Gasteiger partial charge is 0.325 e. The van der Waals surface area contributed by atoms with E-state index in [1.807, 2.05) is 67.6 Å². The van der Waals surface area contributed by atoms with E-state index in [-0.39, 0.29) is 24.4 Å². The lowest BCUT2D eigenvalue weighted by molar-refractivity contribution is -0.132. The number of amides is 4. The lowest BCUT2D eigenvalue weighted by Gasteiger charge is -2.17. The van der Waals surface area contributed by atoms with Crippen LogP contribution in [0.25, 0.3) is 0 Å². The normalized spacial score (nSPS) is 17.7. The summed E-state index contributed by atoms with van der Waals surface area (Å²) in [5, 5.41) is 5.47. The first-order chi connectivity index (χ1) is 12.5. The number of rotatable bonds is 6. The van der Waals surface area contributed by atoms with Gasteiger partial charge in [-0.15, -0.1) is 0 Å². The Bertz CT molecular complexity index is 792. The second-order valence-electron chi connectivity index (χ2n) is 6.32. The number of nitrogens with one attached hydrogen (secondary N) is 2. The van der Waals surface area contributed by atoms with Crippen molar-refractivity contribution in [3.63, 3.8) is 0 Å². The van der Waals surface area contributed by atoms with Gasteiger partial charge in [0, 0.05) is 6.42 Å². The summed E-state index contributed by atoms with van der Waals surface area (Å²) >= 11 is 0. The third-order valence-electron chi connectivity index (χ3n) is 4.37. The molecule has 2 N–H and O–H groups in total. The van der Waals surface area contributed by atoms with Crippen LogP contribution in [0.3, 0.4) is 0 Å². The van der Waals surface area contributed by atoms with E-state index in [0.29, 0.717) is 6.42 Å². The number of hydrogen-bond acceptors (Lipinski definition) is 3. The van der Waals surface area contributed by atoms with E-state index < -0.39 is 12.1 Å². The highest BCUT2D eigenvalue weighted by atomic mass is 16.2. The molecule has 26 heavy (non-hydrogen) atoms. The second-order valence-corrected chi connectivity index (χ2v) is 6.32. The van der Waals surface area contributed by atoms with Crippen LogP contribution in [-0.2, 0) is 16.0 Å². The molecule has 1 aliphatic rings. The average molecular weight is 351 g/mol. The van der Waals surface area contributed by atoms with Gasteiger partial charge < -0.3 is 10.6 Å². The van der Waals surface area contributed by atoms with Gasteiger partial charge in [0.05, 0.1) is 6.04 Å². The SMILES string of the molecule is CC(NC(=O)CN1C(=O)NC(Cc2ccccc2)C1=O)c1ccccc1. The molecule has 6 nitrogen and oxygen atoms in total. The molecule has 0 spiro atoms. The minimum atomic E-state index is -0.635. The minimum Gasteiger partial charge on any atom is -0.348 e. The lowest BCUT2D eigenvalue weighted by Crippen LogP contribution is -2.42. The van der Waals surface area contributed by atoms with Gasteiger partial charge in [-0.25, -0.2) is 4.79 Å². The van der Waals surface area contributed by atoms with E-state index in [2.05, 4.69) is 10.6 Å². The Hall–Kier alpha value is -3.15. The average Bonchev–Trinajstić information content (AvgIpc) is 2.90. The molecule has 0 saturated carbocycles. The molecule has 1 fully saturated rings. The van der Waals surface area contributed by atoms with Crippen LogP contribution in [0.4, 0.5) is 4.79 Å². The van der Waals surface area contributed by atoms with Crippen LogP contribution < -0.4 is 10.6 Å². The molecule has 4 amide bonds. The quantitative estimate of drug-likeness (QED) is 0.782. The van der Waals surface area contributed by atoms with Gasteiger partial charge in [0.1, 0.15) is 12.6 Å². The highest BCUT2D eigenvalue weighted by Gasteiger charge is 2.38. The third-order valence-corrected chi connectivity index (χ3v) is 4.37. The van der Waals surface area contributed by atoms with Gasteiger partial charge in [-0.3, -0.25) is 14.5 Å². The van der Waals surface area contributed by atoms with Crippen LogP contribution in [0.2, 0.25) is 0 Å². The first-order valence-corrected chi connectivity index (χ1v) is 8.54. The summed E-state index contributed by atoms with van der Waals surface area (Å²) in [7, 11) is 0. The summed E-state index contributed by atoms with van der Waals surface area (Å²) in [5.41, 5.74) is 1.91. The molecule has 1 saturated heterocycles. The van der Waals surface area contributed by atoms with Gasteiger partial charge in [-0.1, -0.05) is 60.7 Å². The zero-order chi connectivity index (χ0) is 18.5. The zero-order valence-electron chi connectivity index (χ0n) is 14.5. The van der Waals surface area contributed by atoms with Gasteiger partial charge in [0.15, 0.2) is 0 Å². The van der Waals surface area contributed by atoms with Crippen molar-refractivity contribution in [1.29, 1.82) is 0 Å². The Morgan fingerprint density at radius 1 is 1.08 bits per heavy atom. The summed E-state index contributed by atoms with van der Waals surface area (Å²) < 4.78 is 0. The van der Waals surface area contributed by atoms with Crippen LogP contribution in [0.5, 0.6) is 0 Å². The summed E-state index contributed by atoms with van der Waals surface area (Å²) in [6, 6.07) is 17.6. The molecule has 1 heterocycles. The fourth-order valence-electron chi connectivity index (χ4n) is 2.97. The van der Waals surface area contributed by atoms with Gasteiger partial charge in [-0.2, -0.15) is 0 Å². The summed E-state index contributed by atoms with van der Waals surface area (Å²) in [6.45, 7) is 1.57. The van der Waals surface area contributed by atoms with Gasteiger partial charge >= 0.3 is 6.03 Å². The highest BCUT2D eigenvalue weighted by Crippen LogP contribution is 2.14. The molecule has 2 aromatic carbocycles. The number of benzene rings is 2. The van der Waals surface area contributed by atoms with Crippen molar-refractivity contribution in [2.75, 3.05) is 6.54 Å². The Morgan fingerprint density at radius 2 is 1.69 bits per heavy atom. The van der Waals surface area contributed by atoms with E-state index >= 15 is 0 Å². The Balaban J connectivity index is 1.58. The molecule has 6 heteroatoms. The zero-order valence-corrected chi connectivity index (χ0v) is 14.5. The Kier molecular flexibility index (Phi) is 5.31. The number of nitrogens with zero attached hydrogens (tertiary/aromatic N) is 1. The van der Waals surface area contributed by atoms with Crippen molar-refractivity contribution in [3.05, 3.63) is 71.8 Å². The van der Waals surface area contributed by atoms with Gasteiger partial charge in [0.25, 0.3) is 5.91 Å². The van der Waals surface area contributed by atoms with E-state index in [0.717, 1.165) is 16.0 Å². The molecule has 2 unspecified atom stereocenters. The van der Waals surface area contributed by atoms with Crippen molar-refractivity contribution in [2.45, 2.75) is 25.4 Å². The van der Waals surface area contributed by atoms with Crippen LogP contribution in [0, 0.1) is 0 Å². The van der Waals surface area contributed by atoms with Crippen LogP contribution in [-0.4, -0.2) is 35.3 Å². The molecular formula is C20H21N3O3. The van der Waals surface area contributed by atoms with Gasteiger partial charge in [-0.05, 0) is 18.1 Å². The van der Waals surface area contributed by atoms with Crippen LogP contribution in [0.1, 0.15) is 24.1 Å². The third kappa shape index (κ3) is 4.08. The minimum absolute atomic E-state index is 0.204. The van der Waals surface area contributed by atoms with Crippen LogP contribution in [0.15, 0.2) is 60.7 Å². The standard InChI is InChI=1S/C20H21N3O3/c1-14(16-10-6-3-7-11-16)21-18(24)13-23-19(25)17(22-20(23)26)12-15-8-4-2-5-9-15/h2-11,14,17H,12-13H2,1H3,(H,21,24)(H,22,26). The monoisotopic (exact) mass is 351 g/mol. The number of imide groups is 1. The van der Waals surface area contributed by atoms with Crippen molar-refractivity contribution >= 4 is 17.8 Å². The topological polar surface area (TPSA) is 78.5 Å². The molecule has 2 atom stereocenters. The summed E-state index contributed by atoms with van der Waals surface area (Å²) in [4.78, 5) is 37.8. The second kappa shape index (κ2) is 7.82.